The minimum absolute atomic E-state index is 0.0569. The molecule has 0 bridgehead atoms. The van der Waals surface area contributed by atoms with Gasteiger partial charge in [-0.25, -0.2) is 0 Å². The summed E-state index contributed by atoms with van der Waals surface area (Å²) in [5, 5.41) is 2.61. The highest BCUT2D eigenvalue weighted by atomic mass is 16.5. The van der Waals surface area contributed by atoms with Crippen LogP contribution in [0.5, 0.6) is 0 Å². The fraction of sp³-hybridized carbons (Fsp3) is 0.889. The molecular weight excluding hydrogens is 184 g/mol. The van der Waals surface area contributed by atoms with Crippen LogP contribution in [0.4, 0.5) is 0 Å². The summed E-state index contributed by atoms with van der Waals surface area (Å²) in [7, 11) is 0. The van der Waals surface area contributed by atoms with Crippen LogP contribution in [0.2, 0.25) is 0 Å². The number of hydrogen-bond acceptors (Lipinski definition) is 4. The van der Waals surface area contributed by atoms with Crippen LogP contribution in [0, 0.1) is 0 Å². The van der Waals surface area contributed by atoms with Crippen molar-refractivity contribution in [1.29, 1.82) is 0 Å². The Bertz CT molecular complexity index is 153. The van der Waals surface area contributed by atoms with Crippen LogP contribution in [0.25, 0.3) is 0 Å². The van der Waals surface area contributed by atoms with Crippen LogP contribution >= 0.6 is 0 Å². The Morgan fingerprint density at radius 2 is 2.29 bits per heavy atom. The summed E-state index contributed by atoms with van der Waals surface area (Å²) in [6.07, 6.45) is -0.0569. The summed E-state index contributed by atoms with van der Waals surface area (Å²) in [6.45, 7) is 5.96. The summed E-state index contributed by atoms with van der Waals surface area (Å²) in [4.78, 5) is 11.0. The van der Waals surface area contributed by atoms with Gasteiger partial charge in [0.1, 0.15) is 6.61 Å². The minimum Gasteiger partial charge on any atom is -0.379 e. The van der Waals surface area contributed by atoms with Gasteiger partial charge in [0.15, 0.2) is 0 Å². The third-order valence-corrected chi connectivity index (χ3v) is 1.52. The van der Waals surface area contributed by atoms with Crippen molar-refractivity contribution >= 4 is 5.91 Å². The highest BCUT2D eigenvalue weighted by Gasteiger charge is 2.05. The van der Waals surface area contributed by atoms with E-state index in [-0.39, 0.29) is 18.6 Å². The van der Waals surface area contributed by atoms with E-state index in [9.17, 15) is 4.79 Å². The molecule has 0 aromatic rings. The van der Waals surface area contributed by atoms with E-state index in [4.69, 9.17) is 15.2 Å². The molecule has 0 spiro atoms. The van der Waals surface area contributed by atoms with Crippen molar-refractivity contribution < 1.29 is 14.3 Å². The Hall–Kier alpha value is -0.650. The number of carbonyl (C=O) groups is 1. The van der Waals surface area contributed by atoms with E-state index in [1.54, 1.807) is 0 Å². The van der Waals surface area contributed by atoms with Crippen molar-refractivity contribution in [3.8, 4) is 0 Å². The van der Waals surface area contributed by atoms with E-state index < -0.39 is 0 Å². The molecule has 0 aliphatic carbocycles. The van der Waals surface area contributed by atoms with Crippen LogP contribution in [0.15, 0.2) is 0 Å². The van der Waals surface area contributed by atoms with Gasteiger partial charge in [0, 0.05) is 19.7 Å². The molecule has 1 atom stereocenters. The molecule has 84 valence electrons. The molecule has 3 N–H and O–H groups in total. The van der Waals surface area contributed by atoms with E-state index in [1.165, 1.54) is 0 Å². The SMILES string of the molecule is CCOCC(C)OCC(=O)NCCN. The standard InChI is InChI=1S/C9H20N2O3/c1-3-13-6-8(2)14-7-9(12)11-5-4-10/h8H,3-7,10H2,1-2H3,(H,11,12). The average molecular weight is 204 g/mol. The zero-order valence-electron chi connectivity index (χ0n) is 8.91. The van der Waals surface area contributed by atoms with Gasteiger partial charge in [-0.05, 0) is 13.8 Å². The number of nitrogens with one attached hydrogen (secondary N) is 1. The second-order valence-electron chi connectivity index (χ2n) is 2.92. The Kier molecular flexibility index (Phi) is 8.51. The summed E-state index contributed by atoms with van der Waals surface area (Å²) in [6, 6.07) is 0. The molecule has 0 saturated carbocycles. The monoisotopic (exact) mass is 204 g/mol. The Morgan fingerprint density at radius 1 is 1.57 bits per heavy atom. The predicted molar refractivity (Wildman–Crippen MR) is 54.0 cm³/mol. The first-order valence-electron chi connectivity index (χ1n) is 4.86. The lowest BCUT2D eigenvalue weighted by Gasteiger charge is -2.12. The molecule has 0 saturated heterocycles. The lowest BCUT2D eigenvalue weighted by Crippen LogP contribution is -2.33. The Balaban J connectivity index is 3.36. The normalized spacial score (nSPS) is 12.5. The van der Waals surface area contributed by atoms with Gasteiger partial charge >= 0.3 is 0 Å². The lowest BCUT2D eigenvalue weighted by atomic mass is 10.4. The largest absolute Gasteiger partial charge is 0.379 e. The fourth-order valence-corrected chi connectivity index (χ4v) is 0.812. The fourth-order valence-electron chi connectivity index (χ4n) is 0.812. The smallest absolute Gasteiger partial charge is 0.246 e. The summed E-state index contributed by atoms with van der Waals surface area (Å²) in [5.74, 6) is -0.140. The molecule has 0 aliphatic heterocycles. The van der Waals surface area contributed by atoms with Crippen LogP contribution in [0.1, 0.15) is 13.8 Å². The molecule has 0 rings (SSSR count). The van der Waals surface area contributed by atoms with Crippen LogP contribution in [0.3, 0.4) is 0 Å². The molecule has 0 fully saturated rings. The summed E-state index contributed by atoms with van der Waals surface area (Å²) >= 11 is 0. The van der Waals surface area contributed by atoms with Gasteiger partial charge in [-0.2, -0.15) is 0 Å². The second-order valence-corrected chi connectivity index (χ2v) is 2.92. The quantitative estimate of drug-likeness (QED) is 0.559. The molecular formula is C9H20N2O3. The van der Waals surface area contributed by atoms with Crippen LogP contribution < -0.4 is 11.1 Å². The van der Waals surface area contributed by atoms with Gasteiger partial charge in [-0.3, -0.25) is 4.79 Å². The van der Waals surface area contributed by atoms with E-state index in [0.717, 1.165) is 0 Å². The molecule has 0 heterocycles. The number of rotatable bonds is 8. The second kappa shape index (κ2) is 8.93. The molecule has 14 heavy (non-hydrogen) atoms. The molecule has 0 aromatic carbocycles. The third-order valence-electron chi connectivity index (χ3n) is 1.52. The lowest BCUT2D eigenvalue weighted by molar-refractivity contribution is -0.128. The van der Waals surface area contributed by atoms with Crippen molar-refractivity contribution in [3.63, 3.8) is 0 Å². The van der Waals surface area contributed by atoms with Gasteiger partial charge in [0.25, 0.3) is 0 Å². The van der Waals surface area contributed by atoms with Gasteiger partial charge in [-0.1, -0.05) is 0 Å². The number of nitrogens with two attached hydrogens (primary N) is 1. The summed E-state index contributed by atoms with van der Waals surface area (Å²) in [5.41, 5.74) is 5.22. The Morgan fingerprint density at radius 3 is 2.86 bits per heavy atom. The van der Waals surface area contributed by atoms with Gasteiger partial charge in [-0.15, -0.1) is 0 Å². The van der Waals surface area contributed by atoms with Crippen LogP contribution in [-0.4, -0.2) is 44.9 Å². The maximum absolute atomic E-state index is 11.0. The third kappa shape index (κ3) is 7.97. The van der Waals surface area contributed by atoms with Gasteiger partial charge < -0.3 is 20.5 Å². The van der Waals surface area contributed by atoms with Crippen LogP contribution in [-0.2, 0) is 14.3 Å². The van der Waals surface area contributed by atoms with Crippen molar-refractivity contribution in [3.05, 3.63) is 0 Å². The highest BCUT2D eigenvalue weighted by Crippen LogP contribution is 1.91. The topological polar surface area (TPSA) is 73.6 Å². The molecule has 0 aliphatic rings. The number of ether oxygens (including phenoxy) is 2. The predicted octanol–water partition coefficient (Wildman–Crippen LogP) is -0.497. The molecule has 1 unspecified atom stereocenters. The van der Waals surface area contributed by atoms with Gasteiger partial charge in [0.2, 0.25) is 5.91 Å². The van der Waals surface area contributed by atoms with E-state index in [0.29, 0.717) is 26.3 Å². The molecule has 1 amide bonds. The van der Waals surface area contributed by atoms with E-state index in [2.05, 4.69) is 5.32 Å². The maximum atomic E-state index is 11.0. The first-order chi connectivity index (χ1) is 6.70. The first-order valence-corrected chi connectivity index (χ1v) is 4.86. The molecule has 0 radical (unpaired) electrons. The Labute approximate surface area is 84.9 Å². The van der Waals surface area contributed by atoms with Crippen molar-refractivity contribution in [2.75, 3.05) is 32.9 Å². The number of carbonyl (C=O) groups excluding carboxylic acids is 1. The van der Waals surface area contributed by atoms with Crippen molar-refractivity contribution in [2.24, 2.45) is 5.73 Å². The van der Waals surface area contributed by atoms with Gasteiger partial charge in [0.05, 0.1) is 12.7 Å². The number of hydrogen-bond donors (Lipinski definition) is 2. The maximum Gasteiger partial charge on any atom is 0.246 e. The number of amides is 1. The zero-order chi connectivity index (χ0) is 10.8. The van der Waals surface area contributed by atoms with E-state index >= 15 is 0 Å². The minimum atomic E-state index is -0.140. The molecule has 5 heteroatoms. The average Bonchev–Trinajstić information content (AvgIpc) is 2.20. The molecule has 0 aromatic heterocycles. The first kappa shape index (κ1) is 13.4. The molecule has 5 nitrogen and oxygen atoms in total. The summed E-state index contributed by atoms with van der Waals surface area (Å²) < 4.78 is 10.4. The van der Waals surface area contributed by atoms with Crippen molar-refractivity contribution in [1.82, 2.24) is 5.32 Å². The van der Waals surface area contributed by atoms with E-state index in [1.807, 2.05) is 13.8 Å². The van der Waals surface area contributed by atoms with Crippen molar-refractivity contribution in [2.45, 2.75) is 20.0 Å². The zero-order valence-corrected chi connectivity index (χ0v) is 8.91. The highest BCUT2D eigenvalue weighted by molar-refractivity contribution is 5.77.